The first kappa shape index (κ1) is 8.46. The van der Waals surface area contributed by atoms with Crippen molar-refractivity contribution in [1.82, 2.24) is 0 Å². The smallest absolute Gasteiger partial charge is 0.335 e. The molecule has 1 aromatic carbocycles. The highest BCUT2D eigenvalue weighted by Crippen LogP contribution is 2.07. The average Bonchev–Trinajstić information content (AvgIpc) is 2.05. The van der Waals surface area contributed by atoms with Crippen molar-refractivity contribution in [2.45, 2.75) is 6.42 Å². The quantitative estimate of drug-likeness (QED) is 0.681. The molecular weight excluding hydrogens is 156 g/mol. The Labute approximate surface area is 69.6 Å². The van der Waals surface area contributed by atoms with Crippen molar-refractivity contribution in [2.75, 3.05) is 0 Å². The molecule has 0 aliphatic carbocycles. The Kier molecular flexibility index (Phi) is 2.58. The number of aldehydes is 1. The van der Waals surface area contributed by atoms with Crippen molar-refractivity contribution in [3.05, 3.63) is 35.4 Å². The van der Waals surface area contributed by atoms with E-state index in [0.717, 1.165) is 0 Å². The van der Waals surface area contributed by atoms with Gasteiger partial charge in [-0.25, -0.2) is 4.79 Å². The van der Waals surface area contributed by atoms with Gasteiger partial charge >= 0.3 is 5.97 Å². The van der Waals surface area contributed by atoms with Crippen LogP contribution in [0.3, 0.4) is 0 Å². The van der Waals surface area contributed by atoms with Gasteiger partial charge in [-0.1, -0.05) is 18.2 Å². The van der Waals surface area contributed by atoms with Crippen molar-refractivity contribution in [2.24, 2.45) is 0 Å². The minimum absolute atomic E-state index is 0.155. The predicted molar refractivity (Wildman–Crippen MR) is 43.2 cm³/mol. The molecule has 3 nitrogen and oxygen atoms in total. The second kappa shape index (κ2) is 3.67. The molecule has 0 radical (unpaired) electrons. The Bertz CT molecular complexity index is 304. The second-order valence-corrected chi connectivity index (χ2v) is 2.33. The number of benzene rings is 1. The molecule has 3 heteroatoms. The first-order chi connectivity index (χ1) is 5.75. The fraction of sp³-hybridized carbons (Fsp3) is 0.111. The van der Waals surface area contributed by atoms with E-state index in [4.69, 9.17) is 5.11 Å². The van der Waals surface area contributed by atoms with Gasteiger partial charge in [0.1, 0.15) is 6.29 Å². The van der Waals surface area contributed by atoms with Crippen LogP contribution in [0.25, 0.3) is 0 Å². The molecule has 0 atom stereocenters. The molecule has 1 aromatic rings. The molecule has 0 saturated heterocycles. The zero-order valence-corrected chi connectivity index (χ0v) is 6.36. The number of carbonyl (C=O) groups excluding carboxylic acids is 1. The lowest BCUT2D eigenvalue weighted by molar-refractivity contribution is -0.107. The molecular formula is C9H8O3. The number of aromatic carboxylic acids is 1. The predicted octanol–water partition coefficient (Wildman–Crippen LogP) is 1.13. The standard InChI is InChI=1S/C9H8O3/c10-6-5-7-3-1-2-4-8(7)9(11)12/h1-4,6H,5H2,(H,11,12). The van der Waals surface area contributed by atoms with E-state index in [1.165, 1.54) is 6.07 Å². The summed E-state index contributed by atoms with van der Waals surface area (Å²) < 4.78 is 0. The van der Waals surface area contributed by atoms with Gasteiger partial charge in [-0.05, 0) is 11.6 Å². The van der Waals surface area contributed by atoms with E-state index in [0.29, 0.717) is 11.8 Å². The summed E-state index contributed by atoms with van der Waals surface area (Å²) in [4.78, 5) is 20.7. The molecule has 0 aliphatic heterocycles. The van der Waals surface area contributed by atoms with Crippen LogP contribution in [-0.2, 0) is 11.2 Å². The normalized spacial score (nSPS) is 9.33. The summed E-state index contributed by atoms with van der Waals surface area (Å²) >= 11 is 0. The SMILES string of the molecule is O=CCc1ccccc1C(=O)O. The van der Waals surface area contributed by atoms with Gasteiger partial charge in [0, 0.05) is 6.42 Å². The van der Waals surface area contributed by atoms with Crippen LogP contribution < -0.4 is 0 Å². The van der Waals surface area contributed by atoms with Crippen molar-refractivity contribution >= 4 is 12.3 Å². The van der Waals surface area contributed by atoms with Crippen LogP contribution in [0, 0.1) is 0 Å². The number of carbonyl (C=O) groups is 2. The monoisotopic (exact) mass is 164 g/mol. The highest BCUT2D eigenvalue weighted by Gasteiger charge is 2.06. The third-order valence-corrected chi connectivity index (χ3v) is 1.55. The van der Waals surface area contributed by atoms with Crippen LogP contribution in [0.5, 0.6) is 0 Å². The Hall–Kier alpha value is -1.64. The van der Waals surface area contributed by atoms with E-state index in [9.17, 15) is 9.59 Å². The maximum atomic E-state index is 10.6. The second-order valence-electron chi connectivity index (χ2n) is 2.33. The third-order valence-electron chi connectivity index (χ3n) is 1.55. The molecule has 0 aliphatic rings. The van der Waals surface area contributed by atoms with Crippen molar-refractivity contribution in [1.29, 1.82) is 0 Å². The van der Waals surface area contributed by atoms with Gasteiger partial charge in [0.2, 0.25) is 0 Å². The zero-order valence-electron chi connectivity index (χ0n) is 6.36. The molecule has 0 aromatic heterocycles. The lowest BCUT2D eigenvalue weighted by Gasteiger charge is -1.99. The number of hydrogen-bond acceptors (Lipinski definition) is 2. The molecule has 0 unspecified atom stereocenters. The van der Waals surface area contributed by atoms with Crippen molar-refractivity contribution < 1.29 is 14.7 Å². The maximum absolute atomic E-state index is 10.6. The van der Waals surface area contributed by atoms with Crippen LogP contribution in [0.4, 0.5) is 0 Å². The summed E-state index contributed by atoms with van der Waals surface area (Å²) in [6.07, 6.45) is 0.851. The fourth-order valence-corrected chi connectivity index (χ4v) is 0.997. The van der Waals surface area contributed by atoms with Gasteiger partial charge < -0.3 is 9.90 Å². The van der Waals surface area contributed by atoms with Crippen molar-refractivity contribution in [3.63, 3.8) is 0 Å². The van der Waals surface area contributed by atoms with Crippen LogP contribution >= 0.6 is 0 Å². The first-order valence-electron chi connectivity index (χ1n) is 3.50. The number of carboxylic acid groups (broad SMARTS) is 1. The minimum Gasteiger partial charge on any atom is -0.478 e. The van der Waals surface area contributed by atoms with Gasteiger partial charge in [0.25, 0.3) is 0 Å². The molecule has 0 fully saturated rings. The summed E-state index contributed by atoms with van der Waals surface area (Å²) in [5.41, 5.74) is 0.754. The van der Waals surface area contributed by atoms with E-state index < -0.39 is 5.97 Å². The van der Waals surface area contributed by atoms with Gasteiger partial charge in [-0.15, -0.1) is 0 Å². The third kappa shape index (κ3) is 1.69. The highest BCUT2D eigenvalue weighted by molar-refractivity contribution is 5.90. The van der Waals surface area contributed by atoms with E-state index in [2.05, 4.69) is 0 Å². The van der Waals surface area contributed by atoms with E-state index >= 15 is 0 Å². The molecule has 62 valence electrons. The summed E-state index contributed by atoms with van der Waals surface area (Å²) in [5, 5.41) is 8.68. The number of hydrogen-bond donors (Lipinski definition) is 1. The lowest BCUT2D eigenvalue weighted by atomic mass is 10.1. The highest BCUT2D eigenvalue weighted by atomic mass is 16.4. The van der Waals surface area contributed by atoms with E-state index in [-0.39, 0.29) is 12.0 Å². The molecule has 0 bridgehead atoms. The summed E-state index contributed by atoms with van der Waals surface area (Å²) in [5.74, 6) is -0.993. The molecule has 1 rings (SSSR count). The van der Waals surface area contributed by atoms with Crippen LogP contribution in [-0.4, -0.2) is 17.4 Å². The number of rotatable bonds is 3. The fourth-order valence-electron chi connectivity index (χ4n) is 0.997. The topological polar surface area (TPSA) is 54.4 Å². The van der Waals surface area contributed by atoms with E-state index in [1.807, 2.05) is 0 Å². The Morgan fingerprint density at radius 1 is 1.42 bits per heavy atom. The van der Waals surface area contributed by atoms with Gasteiger partial charge in [0.15, 0.2) is 0 Å². The Balaban J connectivity index is 3.07. The Morgan fingerprint density at radius 3 is 2.67 bits per heavy atom. The maximum Gasteiger partial charge on any atom is 0.335 e. The summed E-state index contributed by atoms with van der Waals surface area (Å²) in [6.45, 7) is 0. The first-order valence-corrected chi connectivity index (χ1v) is 3.50. The molecule has 0 saturated carbocycles. The molecule has 0 amide bonds. The summed E-state index contributed by atoms with van der Waals surface area (Å²) in [6, 6.07) is 6.47. The van der Waals surface area contributed by atoms with Crippen LogP contribution in [0.15, 0.2) is 24.3 Å². The molecule has 0 heterocycles. The van der Waals surface area contributed by atoms with E-state index in [1.54, 1.807) is 18.2 Å². The molecule has 0 spiro atoms. The number of carboxylic acids is 1. The lowest BCUT2D eigenvalue weighted by Crippen LogP contribution is -2.02. The minimum atomic E-state index is -0.993. The van der Waals surface area contributed by atoms with Crippen LogP contribution in [0.2, 0.25) is 0 Å². The molecule has 12 heavy (non-hydrogen) atoms. The van der Waals surface area contributed by atoms with Gasteiger partial charge in [-0.2, -0.15) is 0 Å². The van der Waals surface area contributed by atoms with Crippen LogP contribution in [0.1, 0.15) is 15.9 Å². The van der Waals surface area contributed by atoms with Crippen molar-refractivity contribution in [3.8, 4) is 0 Å². The average molecular weight is 164 g/mol. The summed E-state index contributed by atoms with van der Waals surface area (Å²) in [7, 11) is 0. The van der Waals surface area contributed by atoms with Gasteiger partial charge in [0.05, 0.1) is 5.56 Å². The molecule has 1 N–H and O–H groups in total. The van der Waals surface area contributed by atoms with Gasteiger partial charge in [-0.3, -0.25) is 0 Å². The zero-order chi connectivity index (χ0) is 8.97. The largest absolute Gasteiger partial charge is 0.478 e. The Morgan fingerprint density at radius 2 is 2.08 bits per heavy atom.